The van der Waals surface area contributed by atoms with Gasteiger partial charge in [-0.2, -0.15) is 0 Å². The molecule has 3 heterocycles. The Morgan fingerprint density at radius 1 is 1.06 bits per heavy atom. The van der Waals surface area contributed by atoms with Gasteiger partial charge < -0.3 is 30.3 Å². The van der Waals surface area contributed by atoms with Crippen LogP contribution in [-0.4, -0.2) is 58.8 Å². The lowest BCUT2D eigenvalue weighted by atomic mass is 10.0. The molecule has 3 aromatic rings. The second kappa shape index (κ2) is 9.93. The molecule has 9 nitrogen and oxygen atoms in total. The highest BCUT2D eigenvalue weighted by Gasteiger charge is 2.30. The molecule has 2 aromatic carbocycles. The molecule has 0 atom stereocenters. The van der Waals surface area contributed by atoms with Gasteiger partial charge >= 0.3 is 6.03 Å². The number of aromatic hydroxyl groups is 1. The quantitative estimate of drug-likeness (QED) is 0.451. The van der Waals surface area contributed by atoms with Crippen molar-refractivity contribution >= 4 is 29.0 Å². The average molecular weight is 489 g/mol. The third-order valence-corrected chi connectivity index (χ3v) is 7.08. The molecule has 3 N–H and O–H groups in total. The number of methoxy groups -OCH3 is 1. The first kappa shape index (κ1) is 23.7. The number of aryl methyl sites for hydroxylation is 2. The molecule has 1 saturated heterocycles. The van der Waals surface area contributed by atoms with E-state index in [0.29, 0.717) is 18.1 Å². The summed E-state index contributed by atoms with van der Waals surface area (Å²) in [6.07, 6.45) is 4.10. The minimum absolute atomic E-state index is 0.0367. The van der Waals surface area contributed by atoms with Gasteiger partial charge in [0.1, 0.15) is 29.5 Å². The Morgan fingerprint density at radius 2 is 1.81 bits per heavy atom. The standard InChI is InChI=1S/C27H32N6O3/c1-17-12-20(13-18(2)26(17)34)30-24-15-25(29-16-28-24)32-9-7-21(8-10-32)33-11-6-19-14-22(36-3)4-5-23(19)31-27(33)35/h4-5,12-16,21,34H,6-11H2,1-3H3,(H,31,35)(H,28,29,30). The molecule has 188 valence electrons. The summed E-state index contributed by atoms with van der Waals surface area (Å²) in [4.78, 5) is 26.1. The van der Waals surface area contributed by atoms with Crippen molar-refractivity contribution in [1.29, 1.82) is 0 Å². The van der Waals surface area contributed by atoms with Crippen molar-refractivity contribution in [3.63, 3.8) is 0 Å². The molecule has 0 aliphatic carbocycles. The SMILES string of the molecule is COc1ccc2c(c1)CCN(C1CCN(c3cc(Nc4cc(C)c(O)c(C)c4)ncn3)CC1)C(=O)N2. The molecule has 0 saturated carbocycles. The number of carbonyl (C=O) groups excluding carboxylic acids is 1. The number of carbonyl (C=O) groups is 1. The fourth-order valence-electron chi connectivity index (χ4n) is 5.07. The van der Waals surface area contributed by atoms with Gasteiger partial charge in [-0.15, -0.1) is 0 Å². The first-order valence-electron chi connectivity index (χ1n) is 12.3. The van der Waals surface area contributed by atoms with E-state index in [9.17, 15) is 9.90 Å². The normalized spacial score (nSPS) is 16.2. The number of anilines is 4. The zero-order valence-corrected chi connectivity index (χ0v) is 20.9. The first-order chi connectivity index (χ1) is 17.4. The Morgan fingerprint density at radius 3 is 2.53 bits per heavy atom. The van der Waals surface area contributed by atoms with Crippen LogP contribution in [-0.2, 0) is 6.42 Å². The van der Waals surface area contributed by atoms with Crippen molar-refractivity contribution in [3.05, 3.63) is 59.4 Å². The lowest BCUT2D eigenvalue weighted by Crippen LogP contribution is -2.49. The summed E-state index contributed by atoms with van der Waals surface area (Å²) < 4.78 is 5.34. The van der Waals surface area contributed by atoms with E-state index in [0.717, 1.165) is 72.0 Å². The maximum absolute atomic E-state index is 13.0. The molecule has 2 aliphatic heterocycles. The molecule has 0 radical (unpaired) electrons. The largest absolute Gasteiger partial charge is 0.507 e. The third kappa shape index (κ3) is 4.86. The van der Waals surface area contributed by atoms with Crippen LogP contribution in [0.3, 0.4) is 0 Å². The van der Waals surface area contributed by atoms with Crippen LogP contribution < -0.4 is 20.3 Å². The van der Waals surface area contributed by atoms with E-state index in [1.165, 1.54) is 0 Å². The molecule has 9 heteroatoms. The summed E-state index contributed by atoms with van der Waals surface area (Å²) in [6, 6.07) is 11.7. The lowest BCUT2D eigenvalue weighted by molar-refractivity contribution is 0.177. The fraction of sp³-hybridized carbons (Fsp3) is 0.370. The number of ether oxygens (including phenoxy) is 1. The highest BCUT2D eigenvalue weighted by molar-refractivity contribution is 5.91. The summed E-state index contributed by atoms with van der Waals surface area (Å²) >= 11 is 0. The highest BCUT2D eigenvalue weighted by Crippen LogP contribution is 2.30. The summed E-state index contributed by atoms with van der Waals surface area (Å²) in [5.74, 6) is 2.68. The number of piperidine rings is 1. The van der Waals surface area contributed by atoms with E-state index in [2.05, 4.69) is 25.5 Å². The van der Waals surface area contributed by atoms with Crippen LogP contribution in [0.2, 0.25) is 0 Å². The number of amides is 2. The number of rotatable bonds is 5. The summed E-state index contributed by atoms with van der Waals surface area (Å²) in [5.41, 5.74) is 4.46. The maximum Gasteiger partial charge on any atom is 0.322 e. The Hall–Kier alpha value is -4.01. The molecule has 1 fully saturated rings. The van der Waals surface area contributed by atoms with Gasteiger partial charge in [0.05, 0.1) is 7.11 Å². The molecule has 36 heavy (non-hydrogen) atoms. The van der Waals surface area contributed by atoms with E-state index >= 15 is 0 Å². The molecule has 1 aromatic heterocycles. The van der Waals surface area contributed by atoms with Crippen LogP contribution in [0.5, 0.6) is 11.5 Å². The van der Waals surface area contributed by atoms with Crippen LogP contribution in [0.1, 0.15) is 29.5 Å². The van der Waals surface area contributed by atoms with Gasteiger partial charge in [0, 0.05) is 43.1 Å². The van der Waals surface area contributed by atoms with Crippen molar-refractivity contribution < 1.29 is 14.6 Å². The Balaban J connectivity index is 1.22. The summed E-state index contributed by atoms with van der Waals surface area (Å²) in [6.45, 7) is 6.06. The van der Waals surface area contributed by atoms with Gasteiger partial charge in [-0.25, -0.2) is 14.8 Å². The molecular formula is C27H32N6O3. The van der Waals surface area contributed by atoms with Crippen LogP contribution in [0.4, 0.5) is 27.8 Å². The molecule has 0 bridgehead atoms. The summed E-state index contributed by atoms with van der Waals surface area (Å²) in [5, 5.41) is 16.4. The lowest BCUT2D eigenvalue weighted by Gasteiger charge is -2.38. The minimum Gasteiger partial charge on any atom is -0.507 e. The number of nitrogens with zero attached hydrogens (tertiary/aromatic N) is 4. The minimum atomic E-state index is -0.0367. The molecule has 5 rings (SSSR count). The van der Waals surface area contributed by atoms with Gasteiger partial charge in [-0.05, 0) is 80.1 Å². The Kier molecular flexibility index (Phi) is 6.54. The van der Waals surface area contributed by atoms with Crippen LogP contribution in [0.25, 0.3) is 0 Å². The average Bonchev–Trinajstić information content (AvgIpc) is 3.05. The molecular weight excluding hydrogens is 456 g/mol. The van der Waals surface area contributed by atoms with E-state index in [4.69, 9.17) is 4.74 Å². The van der Waals surface area contributed by atoms with Crippen LogP contribution in [0.15, 0.2) is 42.7 Å². The van der Waals surface area contributed by atoms with E-state index in [1.807, 2.05) is 55.1 Å². The molecule has 2 aliphatic rings. The van der Waals surface area contributed by atoms with E-state index in [-0.39, 0.29) is 12.1 Å². The number of hydrogen-bond acceptors (Lipinski definition) is 7. The molecule has 2 amide bonds. The topological polar surface area (TPSA) is 103 Å². The predicted octanol–water partition coefficient (Wildman–Crippen LogP) is 4.61. The fourth-order valence-corrected chi connectivity index (χ4v) is 5.07. The maximum atomic E-state index is 13.0. The number of nitrogens with one attached hydrogen (secondary N) is 2. The number of aromatic nitrogens is 2. The number of phenols is 1. The van der Waals surface area contributed by atoms with Gasteiger partial charge in [0.25, 0.3) is 0 Å². The van der Waals surface area contributed by atoms with Crippen molar-refractivity contribution in [1.82, 2.24) is 14.9 Å². The van der Waals surface area contributed by atoms with Crippen molar-refractivity contribution in [3.8, 4) is 11.5 Å². The van der Waals surface area contributed by atoms with Crippen LogP contribution >= 0.6 is 0 Å². The van der Waals surface area contributed by atoms with Crippen molar-refractivity contribution in [2.24, 2.45) is 0 Å². The number of fused-ring (bicyclic) bond motifs is 1. The van der Waals surface area contributed by atoms with Crippen LogP contribution in [0, 0.1) is 13.8 Å². The van der Waals surface area contributed by atoms with Gasteiger partial charge in [-0.1, -0.05) is 0 Å². The number of phenolic OH excluding ortho intramolecular Hbond substituents is 1. The Bertz CT molecular complexity index is 1250. The first-order valence-corrected chi connectivity index (χ1v) is 12.3. The number of hydrogen-bond donors (Lipinski definition) is 3. The second-order valence-corrected chi connectivity index (χ2v) is 9.46. The zero-order valence-electron chi connectivity index (χ0n) is 20.9. The molecule has 0 unspecified atom stereocenters. The van der Waals surface area contributed by atoms with Gasteiger partial charge in [-0.3, -0.25) is 0 Å². The van der Waals surface area contributed by atoms with E-state index < -0.39 is 0 Å². The predicted molar refractivity (Wildman–Crippen MR) is 141 cm³/mol. The smallest absolute Gasteiger partial charge is 0.322 e. The van der Waals surface area contributed by atoms with E-state index in [1.54, 1.807) is 13.4 Å². The second-order valence-electron chi connectivity index (χ2n) is 9.46. The van der Waals surface area contributed by atoms with Gasteiger partial charge in [0.15, 0.2) is 0 Å². The monoisotopic (exact) mass is 488 g/mol. The zero-order chi connectivity index (χ0) is 25.2. The molecule has 0 spiro atoms. The van der Waals surface area contributed by atoms with Crippen molar-refractivity contribution in [2.45, 2.75) is 39.2 Å². The van der Waals surface area contributed by atoms with Gasteiger partial charge in [0.2, 0.25) is 0 Å². The Labute approximate surface area is 211 Å². The number of urea groups is 1. The third-order valence-electron chi connectivity index (χ3n) is 7.08. The van der Waals surface area contributed by atoms with Crippen molar-refractivity contribution in [2.75, 3.05) is 42.3 Å². The highest BCUT2D eigenvalue weighted by atomic mass is 16.5. The summed E-state index contributed by atoms with van der Waals surface area (Å²) in [7, 11) is 1.66. The number of benzene rings is 2.